The number of nitrogen functional groups attached to an aromatic ring is 1. The predicted octanol–water partition coefficient (Wildman–Crippen LogP) is 1.41. The Bertz CT molecular complexity index is 530. The van der Waals surface area contributed by atoms with Gasteiger partial charge in [-0.15, -0.1) is 0 Å². The number of aromatic nitrogens is 1. The van der Waals surface area contributed by atoms with E-state index in [0.29, 0.717) is 13.1 Å². The van der Waals surface area contributed by atoms with Gasteiger partial charge in [0.2, 0.25) is 10.0 Å². The fourth-order valence-electron chi connectivity index (χ4n) is 2.22. The summed E-state index contributed by atoms with van der Waals surface area (Å²) in [7, 11) is -3.57. The van der Waals surface area contributed by atoms with E-state index in [1.165, 1.54) is 16.6 Å². The molecule has 0 aliphatic heterocycles. The van der Waals surface area contributed by atoms with Crippen molar-refractivity contribution in [3.8, 4) is 0 Å². The van der Waals surface area contributed by atoms with E-state index in [0.717, 1.165) is 26.1 Å². The summed E-state index contributed by atoms with van der Waals surface area (Å²) in [6.45, 7) is 9.81. The summed E-state index contributed by atoms with van der Waals surface area (Å²) in [4.78, 5) is 6.23. The minimum atomic E-state index is -3.57. The third-order valence-corrected chi connectivity index (χ3v) is 5.57. The van der Waals surface area contributed by atoms with Gasteiger partial charge in [-0.1, -0.05) is 20.8 Å². The molecule has 0 saturated heterocycles. The van der Waals surface area contributed by atoms with Gasteiger partial charge in [0.25, 0.3) is 0 Å². The van der Waals surface area contributed by atoms with Crippen LogP contribution in [0.5, 0.6) is 0 Å². The van der Waals surface area contributed by atoms with Crippen LogP contribution in [0.25, 0.3) is 0 Å². The highest BCUT2D eigenvalue weighted by Crippen LogP contribution is 2.20. The average molecular weight is 314 g/mol. The third-order valence-electron chi connectivity index (χ3n) is 3.55. The highest BCUT2D eigenvalue weighted by molar-refractivity contribution is 7.89. The van der Waals surface area contributed by atoms with Gasteiger partial charge in [0.15, 0.2) is 0 Å². The van der Waals surface area contributed by atoms with Gasteiger partial charge in [0.05, 0.1) is 0 Å². The second-order valence-corrected chi connectivity index (χ2v) is 6.67. The summed E-state index contributed by atoms with van der Waals surface area (Å²) in [5.41, 5.74) is 5.69. The van der Waals surface area contributed by atoms with E-state index in [1.807, 2.05) is 6.92 Å². The Hall–Kier alpha value is -1.18. The van der Waals surface area contributed by atoms with E-state index in [-0.39, 0.29) is 10.7 Å². The maximum atomic E-state index is 12.6. The molecule has 21 heavy (non-hydrogen) atoms. The van der Waals surface area contributed by atoms with E-state index >= 15 is 0 Å². The van der Waals surface area contributed by atoms with E-state index in [1.54, 1.807) is 6.07 Å². The lowest BCUT2D eigenvalue weighted by molar-refractivity contribution is 0.285. The molecule has 1 aromatic rings. The number of nitrogens with two attached hydrogens (primary N) is 1. The molecule has 2 N–H and O–H groups in total. The van der Waals surface area contributed by atoms with Crippen molar-refractivity contribution < 1.29 is 8.42 Å². The zero-order valence-electron chi connectivity index (χ0n) is 13.1. The molecule has 0 fully saturated rings. The summed E-state index contributed by atoms with van der Waals surface area (Å²) in [6, 6.07) is 3.09. The van der Waals surface area contributed by atoms with Crippen LogP contribution in [0.3, 0.4) is 0 Å². The summed E-state index contributed by atoms with van der Waals surface area (Å²) < 4.78 is 26.6. The van der Waals surface area contributed by atoms with Gasteiger partial charge >= 0.3 is 0 Å². The minimum Gasteiger partial charge on any atom is -0.383 e. The molecule has 0 bridgehead atoms. The Balaban J connectivity index is 2.77. The molecule has 0 aliphatic rings. The van der Waals surface area contributed by atoms with Crippen LogP contribution in [0.1, 0.15) is 27.2 Å². The van der Waals surface area contributed by atoms with Crippen LogP contribution in [0.2, 0.25) is 0 Å². The largest absolute Gasteiger partial charge is 0.383 e. The monoisotopic (exact) mass is 314 g/mol. The van der Waals surface area contributed by atoms with Gasteiger partial charge in [-0.25, -0.2) is 13.4 Å². The van der Waals surface area contributed by atoms with Crippen molar-refractivity contribution in [1.29, 1.82) is 0 Å². The van der Waals surface area contributed by atoms with Gasteiger partial charge in [-0.3, -0.25) is 0 Å². The van der Waals surface area contributed by atoms with Crippen LogP contribution in [0, 0.1) is 0 Å². The van der Waals surface area contributed by atoms with E-state index in [2.05, 4.69) is 23.7 Å². The first-order valence-electron chi connectivity index (χ1n) is 7.40. The van der Waals surface area contributed by atoms with E-state index < -0.39 is 10.0 Å². The van der Waals surface area contributed by atoms with Crippen LogP contribution in [0.15, 0.2) is 23.2 Å². The Morgan fingerprint density at radius 1 is 1.14 bits per heavy atom. The molecule has 0 unspecified atom stereocenters. The van der Waals surface area contributed by atoms with Crippen molar-refractivity contribution in [2.24, 2.45) is 0 Å². The molecule has 0 amide bonds. The zero-order chi connectivity index (χ0) is 15.9. The van der Waals surface area contributed by atoms with Crippen LogP contribution in [-0.2, 0) is 10.0 Å². The van der Waals surface area contributed by atoms with Gasteiger partial charge < -0.3 is 10.6 Å². The Morgan fingerprint density at radius 2 is 1.81 bits per heavy atom. The lowest BCUT2D eigenvalue weighted by atomic mass is 10.3. The van der Waals surface area contributed by atoms with Gasteiger partial charge in [0.1, 0.15) is 10.7 Å². The van der Waals surface area contributed by atoms with Crippen molar-refractivity contribution in [2.45, 2.75) is 32.1 Å². The quantitative estimate of drug-likeness (QED) is 0.745. The van der Waals surface area contributed by atoms with Gasteiger partial charge in [-0.05, 0) is 38.2 Å². The molecule has 1 rings (SSSR count). The molecule has 7 heteroatoms. The number of nitrogens with zero attached hydrogens (tertiary/aromatic N) is 3. The minimum absolute atomic E-state index is 0.0553. The molecule has 1 aromatic heterocycles. The fourth-order valence-corrected chi connectivity index (χ4v) is 3.77. The first-order chi connectivity index (χ1) is 9.97. The van der Waals surface area contributed by atoms with Crippen molar-refractivity contribution >= 4 is 15.8 Å². The Kier molecular flexibility index (Phi) is 7.07. The summed E-state index contributed by atoms with van der Waals surface area (Å²) in [5, 5.41) is 0. The molecular weight excluding hydrogens is 288 g/mol. The number of anilines is 1. The SMILES string of the molecule is CCN(CC)CCCN(CC)S(=O)(=O)c1cccnc1N. The summed E-state index contributed by atoms with van der Waals surface area (Å²) >= 11 is 0. The first-order valence-corrected chi connectivity index (χ1v) is 8.84. The van der Waals surface area contributed by atoms with Crippen LogP contribution in [-0.4, -0.2) is 55.3 Å². The lowest BCUT2D eigenvalue weighted by Crippen LogP contribution is -2.34. The van der Waals surface area contributed by atoms with Gasteiger partial charge in [0, 0.05) is 19.3 Å². The topological polar surface area (TPSA) is 79.5 Å². The van der Waals surface area contributed by atoms with Crippen LogP contribution < -0.4 is 5.73 Å². The normalized spacial score (nSPS) is 12.2. The third kappa shape index (κ3) is 4.66. The zero-order valence-corrected chi connectivity index (χ0v) is 13.9. The number of pyridine rings is 1. The Labute approximate surface area is 128 Å². The number of sulfonamides is 1. The number of hydrogen-bond acceptors (Lipinski definition) is 5. The highest BCUT2D eigenvalue weighted by Gasteiger charge is 2.25. The average Bonchev–Trinajstić information content (AvgIpc) is 2.47. The highest BCUT2D eigenvalue weighted by atomic mass is 32.2. The van der Waals surface area contributed by atoms with Crippen LogP contribution in [0.4, 0.5) is 5.82 Å². The first kappa shape index (κ1) is 17.9. The second-order valence-electron chi connectivity index (χ2n) is 4.76. The molecule has 0 aliphatic carbocycles. The van der Waals surface area contributed by atoms with Crippen molar-refractivity contribution in [3.05, 3.63) is 18.3 Å². The number of rotatable bonds is 9. The maximum Gasteiger partial charge on any atom is 0.246 e. The summed E-state index contributed by atoms with van der Waals surface area (Å²) in [6.07, 6.45) is 2.29. The van der Waals surface area contributed by atoms with Crippen molar-refractivity contribution in [3.63, 3.8) is 0 Å². The van der Waals surface area contributed by atoms with Gasteiger partial charge in [-0.2, -0.15) is 4.31 Å². The molecule has 120 valence electrons. The predicted molar refractivity (Wildman–Crippen MR) is 85.5 cm³/mol. The fraction of sp³-hybridized carbons (Fsp3) is 0.643. The summed E-state index contributed by atoms with van der Waals surface area (Å²) in [5.74, 6) is 0.0553. The van der Waals surface area contributed by atoms with Crippen LogP contribution >= 0.6 is 0 Å². The van der Waals surface area contributed by atoms with E-state index in [9.17, 15) is 8.42 Å². The molecule has 0 saturated carbocycles. The Morgan fingerprint density at radius 3 is 2.33 bits per heavy atom. The molecule has 0 atom stereocenters. The maximum absolute atomic E-state index is 12.6. The van der Waals surface area contributed by atoms with E-state index in [4.69, 9.17) is 5.73 Å². The molecule has 0 spiro atoms. The molecule has 1 heterocycles. The smallest absolute Gasteiger partial charge is 0.246 e. The van der Waals surface area contributed by atoms with Crippen molar-refractivity contribution in [1.82, 2.24) is 14.2 Å². The molecule has 0 radical (unpaired) electrons. The standard InChI is InChI=1S/C14H26N4O2S/c1-4-17(5-2)11-8-12-18(6-3)21(19,20)13-9-7-10-16-14(13)15/h7,9-10H,4-6,8,11-12H2,1-3H3,(H2,15,16). The van der Waals surface area contributed by atoms with Crippen molar-refractivity contribution in [2.75, 3.05) is 38.5 Å². The second kappa shape index (κ2) is 8.31. The molecule has 0 aromatic carbocycles. The molecule has 6 nitrogen and oxygen atoms in total. The lowest BCUT2D eigenvalue weighted by Gasteiger charge is -2.23. The number of hydrogen-bond donors (Lipinski definition) is 1. The molecular formula is C14H26N4O2S.